The third-order valence-electron chi connectivity index (χ3n) is 2.93. The van der Waals surface area contributed by atoms with Crippen LogP contribution in [0.25, 0.3) is 0 Å². The summed E-state index contributed by atoms with van der Waals surface area (Å²) in [6.07, 6.45) is 9.97. The molecule has 0 spiro atoms. The molecule has 0 amide bonds. The maximum atomic E-state index is 2.63. The minimum absolute atomic E-state index is 0.795. The van der Waals surface area contributed by atoms with E-state index in [4.69, 9.17) is 0 Å². The fraction of sp³-hybridized carbons (Fsp3) is 0.667. The standard InChI is InChI=1S/C12H19I/c1-10-8-11(2)13(9-10)12-6-4-3-5-7-12/h8-9,12H,3-7H2,1-2H3. The molecule has 74 valence electrons. The summed E-state index contributed by atoms with van der Waals surface area (Å²) in [5.41, 5.74) is 1.55. The van der Waals surface area contributed by atoms with Crippen molar-refractivity contribution in [2.75, 3.05) is 0 Å². The maximum absolute atomic E-state index is 2.63. The molecule has 1 heterocycles. The summed E-state index contributed by atoms with van der Waals surface area (Å²) in [5.74, 6) is 0. The van der Waals surface area contributed by atoms with E-state index in [1.807, 2.05) is 0 Å². The molecule has 0 radical (unpaired) electrons. The van der Waals surface area contributed by atoms with Crippen molar-refractivity contribution in [2.24, 2.45) is 0 Å². The molecule has 2 rings (SSSR count). The second-order valence-corrected chi connectivity index (χ2v) is 10.2. The Morgan fingerprint density at radius 2 is 1.85 bits per heavy atom. The van der Waals surface area contributed by atoms with Crippen LogP contribution >= 0.6 is 19.8 Å². The summed E-state index contributed by atoms with van der Waals surface area (Å²) in [6.45, 7) is 4.64. The second-order valence-electron chi connectivity index (χ2n) is 4.16. The minimum atomic E-state index is -0.795. The Hall–Kier alpha value is 0.210. The second kappa shape index (κ2) is 4.16. The number of alkyl halides is 1. The van der Waals surface area contributed by atoms with Crippen LogP contribution in [-0.2, 0) is 0 Å². The Morgan fingerprint density at radius 3 is 2.38 bits per heavy atom. The molecule has 0 unspecified atom stereocenters. The molecule has 1 fully saturated rings. The normalized spacial score (nSPS) is 27.4. The number of halogens is 1. The van der Waals surface area contributed by atoms with Gasteiger partial charge in [-0.25, -0.2) is 0 Å². The number of hydrogen-bond donors (Lipinski definition) is 0. The predicted octanol–water partition coefficient (Wildman–Crippen LogP) is 4.65. The van der Waals surface area contributed by atoms with Gasteiger partial charge in [0, 0.05) is 0 Å². The van der Waals surface area contributed by atoms with Crippen LogP contribution in [0.2, 0.25) is 0 Å². The number of allylic oxidation sites excluding steroid dienone is 3. The van der Waals surface area contributed by atoms with Gasteiger partial charge in [-0.15, -0.1) is 0 Å². The average Bonchev–Trinajstić information content (AvgIpc) is 2.47. The van der Waals surface area contributed by atoms with E-state index in [2.05, 4.69) is 24.0 Å². The van der Waals surface area contributed by atoms with Gasteiger partial charge >= 0.3 is 89.0 Å². The van der Waals surface area contributed by atoms with Gasteiger partial charge in [-0.05, 0) is 0 Å². The molecule has 1 aliphatic carbocycles. The van der Waals surface area contributed by atoms with Gasteiger partial charge < -0.3 is 0 Å². The van der Waals surface area contributed by atoms with Crippen molar-refractivity contribution < 1.29 is 0 Å². The Balaban J connectivity index is 2.04. The Kier molecular flexibility index (Phi) is 3.12. The van der Waals surface area contributed by atoms with E-state index in [1.54, 1.807) is 9.15 Å². The number of hydrogen-bond acceptors (Lipinski definition) is 0. The van der Waals surface area contributed by atoms with Crippen molar-refractivity contribution in [1.29, 1.82) is 0 Å². The van der Waals surface area contributed by atoms with Crippen LogP contribution in [0.3, 0.4) is 0 Å². The molecular weight excluding hydrogens is 271 g/mol. The van der Waals surface area contributed by atoms with Crippen molar-refractivity contribution in [2.45, 2.75) is 49.9 Å². The van der Waals surface area contributed by atoms with Crippen molar-refractivity contribution in [3.8, 4) is 0 Å². The van der Waals surface area contributed by atoms with E-state index in [9.17, 15) is 0 Å². The van der Waals surface area contributed by atoms with Gasteiger partial charge in [0.05, 0.1) is 0 Å². The molecule has 0 aromatic carbocycles. The van der Waals surface area contributed by atoms with Gasteiger partial charge in [-0.3, -0.25) is 0 Å². The first-order chi connectivity index (χ1) is 6.27. The van der Waals surface area contributed by atoms with Crippen molar-refractivity contribution >= 4 is 19.8 Å². The van der Waals surface area contributed by atoms with E-state index in [0.717, 1.165) is 3.92 Å². The van der Waals surface area contributed by atoms with Crippen LogP contribution in [0.1, 0.15) is 46.0 Å². The SMILES string of the molecule is CC1=CI(C2CCCCC2)C(C)=C1. The zero-order valence-electron chi connectivity index (χ0n) is 8.65. The summed E-state index contributed by atoms with van der Waals surface area (Å²) in [6, 6.07) is 0. The summed E-state index contributed by atoms with van der Waals surface area (Å²) in [5, 5.41) is 0. The fourth-order valence-electron chi connectivity index (χ4n) is 2.30. The summed E-state index contributed by atoms with van der Waals surface area (Å²) in [4.78, 5) is 0. The van der Waals surface area contributed by atoms with Gasteiger partial charge in [-0.2, -0.15) is 0 Å². The fourth-order valence-corrected chi connectivity index (χ4v) is 9.00. The first kappa shape index (κ1) is 9.75. The van der Waals surface area contributed by atoms with E-state index in [-0.39, 0.29) is 0 Å². The molecule has 0 atom stereocenters. The summed E-state index contributed by atoms with van der Waals surface area (Å²) < 4.78 is 5.51. The molecule has 1 heteroatoms. The predicted molar refractivity (Wildman–Crippen MR) is 68.4 cm³/mol. The van der Waals surface area contributed by atoms with Crippen LogP contribution in [0.4, 0.5) is 0 Å². The van der Waals surface area contributed by atoms with Crippen molar-refractivity contribution in [3.63, 3.8) is 0 Å². The zero-order chi connectivity index (χ0) is 9.26. The summed E-state index contributed by atoms with van der Waals surface area (Å²) >= 11 is -0.795. The molecule has 0 aromatic rings. The molecule has 13 heavy (non-hydrogen) atoms. The molecule has 1 aliphatic heterocycles. The summed E-state index contributed by atoms with van der Waals surface area (Å²) in [7, 11) is 0. The first-order valence-corrected chi connectivity index (χ1v) is 8.88. The van der Waals surface area contributed by atoms with Gasteiger partial charge in [0.15, 0.2) is 0 Å². The molecule has 0 nitrogen and oxygen atoms in total. The van der Waals surface area contributed by atoms with Crippen molar-refractivity contribution in [3.05, 3.63) is 19.3 Å². The third kappa shape index (κ3) is 2.17. The quantitative estimate of drug-likeness (QED) is 0.487. The van der Waals surface area contributed by atoms with E-state index < -0.39 is 19.8 Å². The molecule has 0 saturated heterocycles. The topological polar surface area (TPSA) is 0 Å². The Labute approximate surface area is 88.9 Å². The Morgan fingerprint density at radius 1 is 1.15 bits per heavy atom. The first-order valence-electron chi connectivity index (χ1n) is 5.31. The molecule has 0 aromatic heterocycles. The van der Waals surface area contributed by atoms with Crippen LogP contribution in [0.5, 0.6) is 0 Å². The molecule has 0 N–H and O–H groups in total. The van der Waals surface area contributed by atoms with E-state index in [1.165, 1.54) is 32.1 Å². The average molecular weight is 290 g/mol. The molecule has 2 aliphatic rings. The number of rotatable bonds is 1. The van der Waals surface area contributed by atoms with E-state index in [0.29, 0.717) is 0 Å². The van der Waals surface area contributed by atoms with Crippen LogP contribution in [0.15, 0.2) is 19.3 Å². The van der Waals surface area contributed by atoms with Crippen LogP contribution < -0.4 is 0 Å². The molecule has 1 saturated carbocycles. The van der Waals surface area contributed by atoms with Gasteiger partial charge in [0.25, 0.3) is 0 Å². The molecular formula is C12H19I. The van der Waals surface area contributed by atoms with Crippen LogP contribution in [-0.4, -0.2) is 3.92 Å². The molecule has 0 bridgehead atoms. The third-order valence-corrected chi connectivity index (χ3v) is 10.0. The van der Waals surface area contributed by atoms with Gasteiger partial charge in [0.1, 0.15) is 0 Å². The van der Waals surface area contributed by atoms with Crippen molar-refractivity contribution in [1.82, 2.24) is 0 Å². The monoisotopic (exact) mass is 290 g/mol. The zero-order valence-corrected chi connectivity index (χ0v) is 10.8. The Bertz CT molecular complexity index is 244. The van der Waals surface area contributed by atoms with Crippen LogP contribution in [0, 0.1) is 0 Å². The van der Waals surface area contributed by atoms with Gasteiger partial charge in [-0.1, -0.05) is 0 Å². The van der Waals surface area contributed by atoms with Gasteiger partial charge in [0.2, 0.25) is 0 Å². The van der Waals surface area contributed by atoms with E-state index >= 15 is 0 Å².